The number of benzene rings is 2. The number of halogens is 1. The molecule has 6 nitrogen and oxygen atoms in total. The Kier molecular flexibility index (Phi) is 4.96. The lowest BCUT2D eigenvalue weighted by atomic mass is 10.1. The van der Waals surface area contributed by atoms with Crippen LogP contribution in [0.1, 0.15) is 18.4 Å². The number of anilines is 3. The molecule has 1 aliphatic rings. The van der Waals surface area contributed by atoms with Gasteiger partial charge in [-0.05, 0) is 49.6 Å². The zero-order chi connectivity index (χ0) is 19.7. The number of nitrogens with zero attached hydrogens (tertiary/aromatic N) is 1. The number of fused-ring (bicyclic) bond motifs is 1. The fraction of sp³-hybridized carbons (Fsp3) is 0.238. The van der Waals surface area contributed by atoms with Crippen LogP contribution in [0.15, 0.2) is 51.7 Å². The number of rotatable bonds is 3. The molecule has 1 saturated heterocycles. The second-order valence-electron chi connectivity index (χ2n) is 6.79. The van der Waals surface area contributed by atoms with Crippen molar-refractivity contribution in [1.29, 1.82) is 0 Å². The molecule has 0 aliphatic carbocycles. The molecule has 2 aromatic carbocycles. The lowest BCUT2D eigenvalue weighted by molar-refractivity contribution is 0.262. The van der Waals surface area contributed by atoms with E-state index in [-0.39, 0.29) is 5.69 Å². The maximum Gasteiger partial charge on any atom is 0.362 e. The molecule has 28 heavy (non-hydrogen) atoms. The second kappa shape index (κ2) is 7.56. The highest BCUT2D eigenvalue weighted by molar-refractivity contribution is 6.31. The minimum Gasteiger partial charge on any atom is -0.421 e. The molecule has 4 rings (SSSR count). The van der Waals surface area contributed by atoms with E-state index >= 15 is 0 Å². The maximum absolute atomic E-state index is 12.7. The highest BCUT2D eigenvalue weighted by Gasteiger charge is 2.24. The first-order chi connectivity index (χ1) is 13.5. The Morgan fingerprint density at radius 1 is 1.07 bits per heavy atom. The molecule has 0 atom stereocenters. The molecular formula is C21H20ClN3O3. The van der Waals surface area contributed by atoms with Crippen LogP contribution in [0.2, 0.25) is 5.02 Å². The van der Waals surface area contributed by atoms with Crippen LogP contribution in [-0.4, -0.2) is 19.1 Å². The average molecular weight is 398 g/mol. The van der Waals surface area contributed by atoms with Crippen LogP contribution in [0.5, 0.6) is 0 Å². The van der Waals surface area contributed by atoms with Crippen LogP contribution in [0, 0.1) is 6.92 Å². The molecule has 0 unspecified atom stereocenters. The Bertz CT molecular complexity index is 1100. The molecule has 1 aliphatic heterocycles. The molecule has 3 aromatic rings. The van der Waals surface area contributed by atoms with Crippen LogP contribution >= 0.6 is 11.6 Å². The molecule has 1 aromatic heterocycles. The predicted molar refractivity (Wildman–Crippen MR) is 113 cm³/mol. The van der Waals surface area contributed by atoms with Gasteiger partial charge in [0.25, 0.3) is 0 Å². The van der Waals surface area contributed by atoms with Gasteiger partial charge in [-0.3, -0.25) is 5.32 Å². The Morgan fingerprint density at radius 3 is 2.61 bits per heavy atom. The van der Waals surface area contributed by atoms with E-state index in [1.165, 1.54) is 0 Å². The summed E-state index contributed by atoms with van der Waals surface area (Å²) in [6.07, 6.45) is 2.09. The van der Waals surface area contributed by atoms with Crippen molar-refractivity contribution in [3.8, 4) is 0 Å². The molecule has 7 heteroatoms. The van der Waals surface area contributed by atoms with Crippen molar-refractivity contribution in [2.24, 2.45) is 0 Å². The Balaban J connectivity index is 1.72. The summed E-state index contributed by atoms with van der Waals surface area (Å²) in [5.41, 5.74) is 2.13. The van der Waals surface area contributed by atoms with E-state index in [0.29, 0.717) is 22.0 Å². The van der Waals surface area contributed by atoms with Crippen LogP contribution in [0.25, 0.3) is 11.0 Å². The van der Waals surface area contributed by atoms with Gasteiger partial charge in [0.15, 0.2) is 5.69 Å². The van der Waals surface area contributed by atoms with E-state index in [0.717, 1.165) is 36.9 Å². The number of urea groups is 1. The Morgan fingerprint density at radius 2 is 1.82 bits per heavy atom. The van der Waals surface area contributed by atoms with Gasteiger partial charge in [-0.25, -0.2) is 9.59 Å². The normalized spacial score (nSPS) is 13.7. The summed E-state index contributed by atoms with van der Waals surface area (Å²) in [5.74, 6) is 0. The van der Waals surface area contributed by atoms with E-state index in [2.05, 4.69) is 15.5 Å². The number of nitrogens with one attached hydrogen (secondary N) is 2. The minimum absolute atomic E-state index is 0.151. The van der Waals surface area contributed by atoms with Gasteiger partial charge in [0.05, 0.1) is 5.69 Å². The molecule has 2 N–H and O–H groups in total. The highest BCUT2D eigenvalue weighted by Crippen LogP contribution is 2.34. The van der Waals surface area contributed by atoms with Crippen molar-refractivity contribution in [3.63, 3.8) is 0 Å². The molecule has 0 radical (unpaired) electrons. The zero-order valence-electron chi connectivity index (χ0n) is 15.4. The number of amides is 2. The first-order valence-corrected chi connectivity index (χ1v) is 9.56. The van der Waals surface area contributed by atoms with Crippen molar-refractivity contribution in [1.82, 2.24) is 0 Å². The lowest BCUT2D eigenvalue weighted by Gasteiger charge is -2.22. The molecule has 2 heterocycles. The summed E-state index contributed by atoms with van der Waals surface area (Å²) < 4.78 is 5.44. The van der Waals surface area contributed by atoms with E-state index in [4.69, 9.17) is 16.0 Å². The average Bonchev–Trinajstić information content (AvgIpc) is 3.20. The Hall–Kier alpha value is -2.99. The summed E-state index contributed by atoms with van der Waals surface area (Å²) in [7, 11) is 0. The van der Waals surface area contributed by atoms with Crippen molar-refractivity contribution < 1.29 is 9.21 Å². The number of hydrogen-bond acceptors (Lipinski definition) is 4. The van der Waals surface area contributed by atoms with Crippen LogP contribution in [-0.2, 0) is 0 Å². The SMILES string of the molecule is Cc1c(Cl)cccc1NC(=O)Nc1c(N2CCCC2)c2ccccc2oc1=O. The van der Waals surface area contributed by atoms with Crippen molar-refractivity contribution >= 4 is 45.7 Å². The maximum atomic E-state index is 12.7. The standard InChI is InChI=1S/C21H20ClN3O3/c1-13-15(22)8-6-9-16(13)23-21(27)24-18-19(25-11-4-5-12-25)14-7-2-3-10-17(14)28-20(18)26/h2-3,6-10H,4-5,11-12H2,1H3,(H2,23,24,27). The number of hydrogen-bond donors (Lipinski definition) is 2. The van der Waals surface area contributed by atoms with Crippen molar-refractivity contribution in [3.05, 3.63) is 63.5 Å². The highest BCUT2D eigenvalue weighted by atomic mass is 35.5. The van der Waals surface area contributed by atoms with Gasteiger partial charge < -0.3 is 14.6 Å². The molecule has 144 valence electrons. The van der Waals surface area contributed by atoms with Gasteiger partial charge in [-0.2, -0.15) is 0 Å². The van der Waals surface area contributed by atoms with Gasteiger partial charge in [0.1, 0.15) is 5.58 Å². The van der Waals surface area contributed by atoms with E-state index in [1.807, 2.05) is 25.1 Å². The summed E-state index contributed by atoms with van der Waals surface area (Å²) in [4.78, 5) is 27.4. The minimum atomic E-state index is -0.571. The molecule has 1 fully saturated rings. The van der Waals surface area contributed by atoms with Gasteiger partial charge >= 0.3 is 11.7 Å². The smallest absolute Gasteiger partial charge is 0.362 e. The third-order valence-electron chi connectivity index (χ3n) is 4.96. The fourth-order valence-electron chi connectivity index (χ4n) is 3.52. The molecule has 0 spiro atoms. The zero-order valence-corrected chi connectivity index (χ0v) is 16.2. The summed E-state index contributed by atoms with van der Waals surface area (Å²) in [6.45, 7) is 3.48. The molecule has 0 saturated carbocycles. The van der Waals surface area contributed by atoms with Gasteiger partial charge in [0.2, 0.25) is 0 Å². The lowest BCUT2D eigenvalue weighted by Crippen LogP contribution is -2.28. The van der Waals surface area contributed by atoms with E-state index < -0.39 is 11.7 Å². The van der Waals surface area contributed by atoms with Crippen LogP contribution in [0.4, 0.5) is 21.9 Å². The summed E-state index contributed by atoms with van der Waals surface area (Å²) in [5, 5.41) is 6.82. The topological polar surface area (TPSA) is 74.6 Å². The molecule has 0 bridgehead atoms. The first kappa shape index (κ1) is 18.4. The molecule has 2 amide bonds. The number of para-hydroxylation sites is 1. The molecular weight excluding hydrogens is 378 g/mol. The largest absolute Gasteiger partial charge is 0.421 e. The third-order valence-corrected chi connectivity index (χ3v) is 5.37. The summed E-state index contributed by atoms with van der Waals surface area (Å²) >= 11 is 6.12. The summed E-state index contributed by atoms with van der Waals surface area (Å²) in [6, 6.07) is 12.1. The van der Waals surface area contributed by atoms with E-state index in [1.54, 1.807) is 24.3 Å². The van der Waals surface area contributed by atoms with Crippen molar-refractivity contribution in [2.45, 2.75) is 19.8 Å². The van der Waals surface area contributed by atoms with Crippen LogP contribution < -0.4 is 21.2 Å². The fourth-order valence-corrected chi connectivity index (χ4v) is 3.70. The monoisotopic (exact) mass is 397 g/mol. The van der Waals surface area contributed by atoms with Gasteiger partial charge in [-0.1, -0.05) is 29.8 Å². The third kappa shape index (κ3) is 3.43. The van der Waals surface area contributed by atoms with Crippen molar-refractivity contribution in [2.75, 3.05) is 28.6 Å². The first-order valence-electron chi connectivity index (χ1n) is 9.18. The quantitative estimate of drug-likeness (QED) is 0.610. The number of carbonyl (C=O) groups is 1. The van der Waals surface area contributed by atoms with Gasteiger partial charge in [-0.15, -0.1) is 0 Å². The predicted octanol–water partition coefficient (Wildman–Crippen LogP) is 5.00. The Labute approximate surface area is 167 Å². The number of carbonyl (C=O) groups excluding carboxylic acids is 1. The van der Waals surface area contributed by atoms with E-state index in [9.17, 15) is 9.59 Å². The van der Waals surface area contributed by atoms with Gasteiger partial charge in [0, 0.05) is 29.2 Å². The second-order valence-corrected chi connectivity index (χ2v) is 7.20. The van der Waals surface area contributed by atoms with Crippen LogP contribution in [0.3, 0.4) is 0 Å².